The number of nitrogens with one attached hydrogen (secondary N) is 1. The summed E-state index contributed by atoms with van der Waals surface area (Å²) in [7, 11) is 0. The van der Waals surface area contributed by atoms with E-state index in [4.69, 9.17) is 10.6 Å². The van der Waals surface area contributed by atoms with Crippen LogP contribution in [0.25, 0.3) is 0 Å². The third-order valence-electron chi connectivity index (χ3n) is 1.87. The van der Waals surface area contributed by atoms with Gasteiger partial charge in [-0.25, -0.2) is 4.79 Å². The summed E-state index contributed by atoms with van der Waals surface area (Å²) in [6.45, 7) is 1.75. The molecule has 1 aromatic rings. The molecule has 0 saturated carbocycles. The number of carbonyl (C=O) groups is 1. The van der Waals surface area contributed by atoms with Gasteiger partial charge in [0.15, 0.2) is 5.56 Å². The second-order valence-corrected chi connectivity index (χ2v) is 2.82. The Hall–Kier alpha value is -2.15. The van der Waals surface area contributed by atoms with Crippen molar-refractivity contribution in [1.82, 2.24) is 0 Å². The number of nitro benzene ring substituents is 1. The zero-order chi connectivity index (χ0) is 12.1. The minimum atomic E-state index is -0.775. The third-order valence-corrected chi connectivity index (χ3v) is 1.87. The fourth-order valence-electron chi connectivity index (χ4n) is 1.23. The van der Waals surface area contributed by atoms with Crippen molar-refractivity contribution in [3.63, 3.8) is 0 Å². The molecule has 0 aliphatic carbocycles. The largest absolute Gasteiger partial charge is 0.462 e. The van der Waals surface area contributed by atoms with E-state index in [9.17, 15) is 14.9 Å². The van der Waals surface area contributed by atoms with Crippen LogP contribution < -0.4 is 11.3 Å². The van der Waals surface area contributed by atoms with Crippen LogP contribution in [0.2, 0.25) is 0 Å². The number of nitrogens with zero attached hydrogens (tertiary/aromatic N) is 1. The molecule has 0 aliphatic heterocycles. The normalized spacial score (nSPS) is 9.62. The van der Waals surface area contributed by atoms with Crippen LogP contribution in [0, 0.1) is 10.1 Å². The van der Waals surface area contributed by atoms with Gasteiger partial charge >= 0.3 is 5.97 Å². The van der Waals surface area contributed by atoms with Crippen molar-refractivity contribution in [3.8, 4) is 0 Å². The summed E-state index contributed by atoms with van der Waals surface area (Å²) in [6, 6.07) is 4.10. The number of ether oxygens (including phenoxy) is 1. The third kappa shape index (κ3) is 2.26. The number of esters is 1. The molecular weight excluding hydrogens is 214 g/mol. The monoisotopic (exact) mass is 225 g/mol. The molecule has 0 amide bonds. The van der Waals surface area contributed by atoms with E-state index in [0.29, 0.717) is 0 Å². The molecule has 16 heavy (non-hydrogen) atoms. The molecule has 7 nitrogen and oxygen atoms in total. The second-order valence-electron chi connectivity index (χ2n) is 2.82. The number of nitrogen functional groups attached to an aromatic ring is 1. The van der Waals surface area contributed by atoms with E-state index in [0.717, 1.165) is 0 Å². The Bertz CT molecular complexity index is 419. The summed E-state index contributed by atoms with van der Waals surface area (Å²) >= 11 is 0. The van der Waals surface area contributed by atoms with Crippen LogP contribution in [0.3, 0.4) is 0 Å². The Morgan fingerprint density at radius 2 is 2.31 bits per heavy atom. The van der Waals surface area contributed by atoms with Gasteiger partial charge in [0.2, 0.25) is 0 Å². The van der Waals surface area contributed by atoms with Crippen LogP contribution in [0.15, 0.2) is 18.2 Å². The molecule has 3 N–H and O–H groups in total. The molecule has 0 unspecified atom stereocenters. The zero-order valence-corrected chi connectivity index (χ0v) is 8.60. The van der Waals surface area contributed by atoms with Crippen LogP contribution >= 0.6 is 0 Å². The van der Waals surface area contributed by atoms with E-state index in [1.165, 1.54) is 18.2 Å². The average Bonchev–Trinajstić information content (AvgIpc) is 2.28. The van der Waals surface area contributed by atoms with Gasteiger partial charge in [-0.1, -0.05) is 6.07 Å². The van der Waals surface area contributed by atoms with Gasteiger partial charge in [-0.3, -0.25) is 16.0 Å². The van der Waals surface area contributed by atoms with Crippen molar-refractivity contribution in [1.29, 1.82) is 0 Å². The van der Waals surface area contributed by atoms with Gasteiger partial charge in [0, 0.05) is 6.07 Å². The Morgan fingerprint density at radius 1 is 1.62 bits per heavy atom. The van der Waals surface area contributed by atoms with E-state index in [2.05, 4.69) is 5.43 Å². The zero-order valence-electron chi connectivity index (χ0n) is 8.60. The molecule has 0 aromatic heterocycles. The summed E-state index contributed by atoms with van der Waals surface area (Å²) in [5, 5.41) is 10.7. The maximum Gasteiger partial charge on any atom is 0.347 e. The van der Waals surface area contributed by atoms with Gasteiger partial charge in [-0.05, 0) is 13.0 Å². The number of hydrogen-bond donors (Lipinski definition) is 2. The van der Waals surface area contributed by atoms with Crippen LogP contribution in [0.4, 0.5) is 11.4 Å². The summed E-state index contributed by atoms with van der Waals surface area (Å²) in [6.07, 6.45) is 0. The number of hydrogen-bond acceptors (Lipinski definition) is 6. The lowest BCUT2D eigenvalue weighted by atomic mass is 10.1. The predicted octanol–water partition coefficient (Wildman–Crippen LogP) is 1.06. The molecule has 0 radical (unpaired) electrons. The highest BCUT2D eigenvalue weighted by Gasteiger charge is 2.24. The summed E-state index contributed by atoms with van der Waals surface area (Å²) < 4.78 is 4.72. The summed E-state index contributed by atoms with van der Waals surface area (Å²) in [4.78, 5) is 21.6. The van der Waals surface area contributed by atoms with Crippen molar-refractivity contribution in [2.75, 3.05) is 12.0 Å². The Labute approximate surface area is 91.3 Å². The van der Waals surface area contributed by atoms with Gasteiger partial charge < -0.3 is 10.2 Å². The summed E-state index contributed by atoms with van der Waals surface area (Å²) in [5.74, 6) is 4.40. The van der Waals surface area contributed by atoms with Crippen LogP contribution in [-0.4, -0.2) is 17.5 Å². The minimum absolute atomic E-state index is 0.134. The molecule has 1 aromatic carbocycles. The standard InChI is InChI=1S/C9H11N3O4/c1-2-16-9(13)8-6(11-10)4-3-5-7(8)12(14)15/h3-5,11H,2,10H2,1H3. The predicted molar refractivity (Wildman–Crippen MR) is 56.9 cm³/mol. The number of anilines is 1. The number of rotatable bonds is 4. The van der Waals surface area contributed by atoms with Crippen molar-refractivity contribution in [2.24, 2.45) is 5.84 Å². The highest BCUT2D eigenvalue weighted by molar-refractivity contribution is 5.99. The first kappa shape index (κ1) is 11.9. The lowest BCUT2D eigenvalue weighted by Crippen LogP contribution is -2.15. The summed E-state index contributed by atoms with van der Waals surface area (Å²) in [5.41, 5.74) is 1.88. The molecule has 0 saturated heterocycles. The van der Waals surface area contributed by atoms with Crippen molar-refractivity contribution >= 4 is 17.3 Å². The van der Waals surface area contributed by atoms with E-state index in [1.807, 2.05) is 0 Å². The Kier molecular flexibility index (Phi) is 3.78. The number of nitro groups is 1. The smallest absolute Gasteiger partial charge is 0.347 e. The van der Waals surface area contributed by atoms with E-state index in [-0.39, 0.29) is 23.5 Å². The van der Waals surface area contributed by atoms with Crippen LogP contribution in [0.1, 0.15) is 17.3 Å². The first-order chi connectivity index (χ1) is 7.61. The SMILES string of the molecule is CCOC(=O)c1c(NN)cccc1[N+](=O)[O-]. The molecule has 0 spiro atoms. The molecule has 0 aliphatic rings. The number of carbonyl (C=O) groups excluding carboxylic acids is 1. The van der Waals surface area contributed by atoms with Crippen molar-refractivity contribution < 1.29 is 14.5 Å². The first-order valence-electron chi connectivity index (χ1n) is 4.53. The quantitative estimate of drug-likeness (QED) is 0.343. The number of hydrazine groups is 1. The molecule has 86 valence electrons. The Morgan fingerprint density at radius 3 is 2.81 bits per heavy atom. The minimum Gasteiger partial charge on any atom is -0.462 e. The highest BCUT2D eigenvalue weighted by Crippen LogP contribution is 2.26. The molecule has 0 fully saturated rings. The molecule has 0 atom stereocenters. The molecule has 0 bridgehead atoms. The molecule has 7 heteroatoms. The highest BCUT2D eigenvalue weighted by atomic mass is 16.6. The van der Waals surface area contributed by atoms with Gasteiger partial charge in [0.05, 0.1) is 17.2 Å². The van der Waals surface area contributed by atoms with Gasteiger partial charge in [-0.15, -0.1) is 0 Å². The van der Waals surface area contributed by atoms with Gasteiger partial charge in [-0.2, -0.15) is 0 Å². The van der Waals surface area contributed by atoms with Crippen molar-refractivity contribution in [3.05, 3.63) is 33.9 Å². The second kappa shape index (κ2) is 5.08. The lowest BCUT2D eigenvalue weighted by Gasteiger charge is -2.07. The fourth-order valence-corrected chi connectivity index (χ4v) is 1.23. The molecule has 0 heterocycles. The van der Waals surface area contributed by atoms with Crippen molar-refractivity contribution in [2.45, 2.75) is 6.92 Å². The maximum absolute atomic E-state index is 11.5. The fraction of sp³-hybridized carbons (Fsp3) is 0.222. The number of nitrogens with two attached hydrogens (primary N) is 1. The van der Waals surface area contributed by atoms with E-state index < -0.39 is 10.9 Å². The van der Waals surface area contributed by atoms with Gasteiger partial charge in [0.25, 0.3) is 5.69 Å². The Balaban J connectivity index is 3.30. The van der Waals surface area contributed by atoms with Crippen LogP contribution in [0.5, 0.6) is 0 Å². The molecule has 1 rings (SSSR count). The lowest BCUT2D eigenvalue weighted by molar-refractivity contribution is -0.385. The van der Waals surface area contributed by atoms with E-state index >= 15 is 0 Å². The van der Waals surface area contributed by atoms with Gasteiger partial charge in [0.1, 0.15) is 0 Å². The van der Waals surface area contributed by atoms with Crippen LogP contribution in [-0.2, 0) is 4.74 Å². The maximum atomic E-state index is 11.5. The topological polar surface area (TPSA) is 107 Å². The van der Waals surface area contributed by atoms with E-state index in [1.54, 1.807) is 6.92 Å². The number of benzene rings is 1. The molecular formula is C9H11N3O4. The first-order valence-corrected chi connectivity index (χ1v) is 4.53. The average molecular weight is 225 g/mol.